The summed E-state index contributed by atoms with van der Waals surface area (Å²) in [6.45, 7) is 0. The Hall–Kier alpha value is 0.820. The van der Waals surface area contributed by atoms with Crippen molar-refractivity contribution >= 4 is 151 Å². The van der Waals surface area contributed by atoms with Gasteiger partial charge in [0.25, 0.3) is 0 Å². The minimum Gasteiger partial charge on any atom is -0.296 e. The highest BCUT2D eigenvalue weighted by Crippen LogP contribution is 2.42. The van der Waals surface area contributed by atoms with E-state index >= 15 is 0 Å². The summed E-state index contributed by atoms with van der Waals surface area (Å²) in [5.74, 6) is -1.80. The summed E-state index contributed by atoms with van der Waals surface area (Å²) in [5.41, 5.74) is 11.1. The van der Waals surface area contributed by atoms with Crippen LogP contribution in [0.25, 0.3) is 0 Å². The average Bonchev–Trinajstić information content (AvgIpc) is 2.64. The maximum Gasteiger partial charge on any atom is 0.329 e. The first kappa shape index (κ1) is 25.1. The Bertz CT molecular complexity index is 839. The number of hydrazine groups is 2. The maximum atomic E-state index is 12.1. The van der Waals surface area contributed by atoms with Crippen LogP contribution in [-0.2, 0) is 9.59 Å². The fourth-order valence-electron chi connectivity index (χ4n) is 1.72. The molecule has 0 aliphatic carbocycles. The molecular formula is C14H6Br8N4O2. The van der Waals surface area contributed by atoms with Crippen molar-refractivity contribution in [1.29, 1.82) is 0 Å². The van der Waals surface area contributed by atoms with Gasteiger partial charge in [0.15, 0.2) is 0 Å². The fourth-order valence-corrected chi connectivity index (χ4v) is 6.22. The van der Waals surface area contributed by atoms with Gasteiger partial charge in [0.05, 0.1) is 29.3 Å². The van der Waals surface area contributed by atoms with Gasteiger partial charge in [0.1, 0.15) is 0 Å². The van der Waals surface area contributed by atoms with Gasteiger partial charge in [0.2, 0.25) is 0 Å². The number of nitrogens with one attached hydrogen (secondary N) is 4. The lowest BCUT2D eigenvalue weighted by atomic mass is 10.3. The third kappa shape index (κ3) is 5.95. The summed E-state index contributed by atoms with van der Waals surface area (Å²) in [4.78, 5) is 24.2. The van der Waals surface area contributed by atoms with E-state index in [-0.39, 0.29) is 0 Å². The van der Waals surface area contributed by atoms with Crippen molar-refractivity contribution in [3.63, 3.8) is 0 Å². The summed E-state index contributed by atoms with van der Waals surface area (Å²) in [6, 6.07) is 3.65. The van der Waals surface area contributed by atoms with Crippen LogP contribution >= 0.6 is 127 Å². The molecule has 6 nitrogen and oxygen atoms in total. The van der Waals surface area contributed by atoms with E-state index in [0.717, 1.165) is 17.9 Å². The summed E-state index contributed by atoms with van der Waals surface area (Å²) in [5, 5.41) is 0. The van der Waals surface area contributed by atoms with Crippen molar-refractivity contribution in [1.82, 2.24) is 10.9 Å². The highest BCUT2D eigenvalue weighted by Gasteiger charge is 2.18. The van der Waals surface area contributed by atoms with Gasteiger partial charge in [-0.2, -0.15) is 0 Å². The van der Waals surface area contributed by atoms with Crippen LogP contribution in [0.2, 0.25) is 0 Å². The first-order valence-corrected chi connectivity index (χ1v) is 13.2. The van der Waals surface area contributed by atoms with Crippen LogP contribution in [0.3, 0.4) is 0 Å². The van der Waals surface area contributed by atoms with Crippen molar-refractivity contribution in [3.8, 4) is 0 Å². The van der Waals surface area contributed by atoms with Gasteiger partial charge in [0, 0.05) is 17.9 Å². The molecular weight excluding hydrogens is 895 g/mol. The zero-order valence-corrected chi connectivity index (χ0v) is 25.7. The Labute approximate surface area is 227 Å². The van der Waals surface area contributed by atoms with Gasteiger partial charge in [-0.15, -0.1) is 0 Å². The molecule has 0 aromatic heterocycles. The molecule has 0 bridgehead atoms. The van der Waals surface area contributed by atoms with Gasteiger partial charge < -0.3 is 0 Å². The highest BCUT2D eigenvalue weighted by molar-refractivity contribution is 9.14. The molecule has 0 spiro atoms. The largest absolute Gasteiger partial charge is 0.329 e. The molecule has 0 saturated carbocycles. The number of amides is 2. The molecule has 0 saturated heterocycles. The Kier molecular flexibility index (Phi) is 9.78. The summed E-state index contributed by atoms with van der Waals surface area (Å²) in [6.07, 6.45) is 0. The normalized spacial score (nSPS) is 10.4. The molecule has 0 aliphatic rings. The molecule has 4 N–H and O–H groups in total. The van der Waals surface area contributed by atoms with Gasteiger partial charge in [-0.3, -0.25) is 31.3 Å². The molecule has 2 aromatic rings. The minimum absolute atomic E-state index is 0.525. The fraction of sp³-hybridized carbons (Fsp3) is 0. The van der Waals surface area contributed by atoms with Crippen LogP contribution in [-0.4, -0.2) is 11.8 Å². The molecule has 0 heterocycles. The molecule has 0 unspecified atom stereocenters. The Morgan fingerprint density at radius 3 is 1.04 bits per heavy atom. The molecule has 2 rings (SSSR count). The van der Waals surface area contributed by atoms with Crippen LogP contribution in [0, 0.1) is 0 Å². The molecule has 0 fully saturated rings. The number of anilines is 2. The van der Waals surface area contributed by atoms with E-state index in [2.05, 4.69) is 149 Å². The summed E-state index contributed by atoms with van der Waals surface area (Å²) >= 11 is 27.1. The Morgan fingerprint density at radius 2 is 0.786 bits per heavy atom. The van der Waals surface area contributed by atoms with E-state index in [1.54, 1.807) is 0 Å². The topological polar surface area (TPSA) is 82.3 Å². The molecule has 0 radical (unpaired) electrons. The van der Waals surface area contributed by atoms with Gasteiger partial charge >= 0.3 is 11.8 Å². The third-order valence-corrected chi connectivity index (χ3v) is 11.0. The first-order valence-electron chi connectivity index (χ1n) is 6.82. The lowest BCUT2D eigenvalue weighted by Gasteiger charge is -2.16. The summed E-state index contributed by atoms with van der Waals surface area (Å²) < 4.78 is 5.64. The number of hydrogen-bond acceptors (Lipinski definition) is 4. The van der Waals surface area contributed by atoms with Crippen molar-refractivity contribution < 1.29 is 9.59 Å². The van der Waals surface area contributed by atoms with Crippen molar-refractivity contribution in [2.45, 2.75) is 0 Å². The molecule has 0 atom stereocenters. The quantitative estimate of drug-likeness (QED) is 0.147. The number of carbonyl (C=O) groups is 2. The molecule has 150 valence electrons. The van der Waals surface area contributed by atoms with Crippen molar-refractivity contribution in [2.24, 2.45) is 0 Å². The van der Waals surface area contributed by atoms with Crippen LogP contribution in [0.4, 0.5) is 11.4 Å². The number of hydrogen-bond donors (Lipinski definition) is 4. The third-order valence-electron chi connectivity index (χ3n) is 3.03. The van der Waals surface area contributed by atoms with E-state index in [9.17, 15) is 9.59 Å². The molecule has 2 aromatic carbocycles. The smallest absolute Gasteiger partial charge is 0.296 e. The zero-order valence-electron chi connectivity index (χ0n) is 13.0. The van der Waals surface area contributed by atoms with Crippen LogP contribution in [0.5, 0.6) is 0 Å². The van der Waals surface area contributed by atoms with E-state index in [1.165, 1.54) is 0 Å². The number of halogens is 8. The van der Waals surface area contributed by atoms with E-state index in [1.807, 2.05) is 12.1 Å². The number of benzene rings is 2. The second-order valence-corrected chi connectivity index (χ2v) is 11.4. The van der Waals surface area contributed by atoms with Gasteiger partial charge in [-0.1, -0.05) is 0 Å². The highest BCUT2D eigenvalue weighted by atomic mass is 79.9. The number of carbonyl (C=O) groups excluding carboxylic acids is 2. The standard InChI is InChI=1S/C14H6Br8N4O2/c15-3-1-4(16)8(20)11(7(3)19)23-25-13(27)14(28)26-24-12-9(21)5(17)2-6(18)10(12)22/h1-2,23-24H,(H,25,27)(H,26,28). The monoisotopic (exact) mass is 893 g/mol. The molecule has 14 heteroatoms. The Morgan fingerprint density at radius 1 is 0.536 bits per heavy atom. The number of rotatable bonds is 4. The Balaban J connectivity index is 2.05. The maximum absolute atomic E-state index is 12.1. The molecule has 28 heavy (non-hydrogen) atoms. The van der Waals surface area contributed by atoms with Crippen molar-refractivity contribution in [3.05, 3.63) is 47.9 Å². The minimum atomic E-state index is -0.899. The SMILES string of the molecule is O=C(NNc1c(Br)c(Br)cc(Br)c1Br)C(=O)NNc1c(Br)c(Br)cc(Br)c1Br. The second kappa shape index (κ2) is 10.9. The average molecular weight is 901 g/mol. The van der Waals surface area contributed by atoms with Crippen LogP contribution in [0.1, 0.15) is 0 Å². The van der Waals surface area contributed by atoms with Gasteiger partial charge in [-0.05, 0) is 140 Å². The van der Waals surface area contributed by atoms with E-state index in [4.69, 9.17) is 0 Å². The van der Waals surface area contributed by atoms with E-state index in [0.29, 0.717) is 29.3 Å². The second-order valence-electron chi connectivity index (χ2n) is 4.84. The zero-order chi connectivity index (χ0) is 21.2. The van der Waals surface area contributed by atoms with Crippen molar-refractivity contribution in [2.75, 3.05) is 10.9 Å². The lowest BCUT2D eigenvalue weighted by molar-refractivity contribution is -0.138. The predicted octanol–water partition coefficient (Wildman–Crippen LogP) is 7.37. The van der Waals surface area contributed by atoms with Crippen LogP contribution in [0.15, 0.2) is 47.9 Å². The predicted molar refractivity (Wildman–Crippen MR) is 138 cm³/mol. The first-order chi connectivity index (χ1) is 13.0. The van der Waals surface area contributed by atoms with Gasteiger partial charge in [-0.25, -0.2) is 0 Å². The molecule has 0 aliphatic heterocycles. The van der Waals surface area contributed by atoms with Crippen LogP contribution < -0.4 is 21.7 Å². The lowest BCUT2D eigenvalue weighted by Crippen LogP contribution is -2.44. The molecule has 2 amide bonds. The summed E-state index contributed by atoms with van der Waals surface area (Å²) in [7, 11) is 0. The van der Waals surface area contributed by atoms with E-state index < -0.39 is 11.8 Å².